The molecular weight excluding hydrogens is 392 g/mol. The number of carbonyl (C=O) groups excluding carboxylic acids is 1. The quantitative estimate of drug-likeness (QED) is 0.594. The van der Waals surface area contributed by atoms with Crippen LogP contribution in [0.1, 0.15) is 78.6 Å². The summed E-state index contributed by atoms with van der Waals surface area (Å²) in [6.07, 6.45) is 6.96. The van der Waals surface area contributed by atoms with Crippen LogP contribution in [0.2, 0.25) is 0 Å². The second kappa shape index (κ2) is 6.27. The standard InChI is InChI=1S/C26H40O5/c1-4-31-20(28)7-10-25(29)19-12-16(19)22-21-15-11-18(15)26(30)13-14(27)5-8-23(26,2)17(21)6-9-24(22,25)3/h14-19,21-22,27,29-30H,4-13H2,1-3H3/t14-,15?,16?,17?,18?,19?,21?,22?,23+,24-,25-,26+/m0/s1. The van der Waals surface area contributed by atoms with Gasteiger partial charge in [0.25, 0.3) is 0 Å². The number of carbonyl (C=O) groups is 1. The molecule has 6 fully saturated rings. The molecule has 0 aliphatic heterocycles. The van der Waals surface area contributed by atoms with E-state index in [1.54, 1.807) is 0 Å². The molecule has 0 amide bonds. The van der Waals surface area contributed by atoms with Crippen molar-refractivity contribution in [3.63, 3.8) is 0 Å². The van der Waals surface area contributed by atoms with E-state index < -0.39 is 11.2 Å². The highest BCUT2D eigenvalue weighted by molar-refractivity contribution is 5.69. The maximum absolute atomic E-state index is 12.1. The van der Waals surface area contributed by atoms with Crippen molar-refractivity contribution in [2.45, 2.75) is 95.9 Å². The van der Waals surface area contributed by atoms with Crippen molar-refractivity contribution >= 4 is 5.97 Å². The summed E-state index contributed by atoms with van der Waals surface area (Å²) in [6, 6.07) is 0. The van der Waals surface area contributed by atoms with Crippen LogP contribution in [-0.4, -0.2) is 45.2 Å². The van der Waals surface area contributed by atoms with Crippen molar-refractivity contribution < 1.29 is 24.9 Å². The summed E-state index contributed by atoms with van der Waals surface area (Å²) < 4.78 is 5.17. The fourth-order valence-corrected chi connectivity index (χ4v) is 10.3. The van der Waals surface area contributed by atoms with Crippen molar-refractivity contribution in [3.05, 3.63) is 0 Å². The Morgan fingerprint density at radius 1 is 1.00 bits per heavy atom. The van der Waals surface area contributed by atoms with Gasteiger partial charge in [0.15, 0.2) is 0 Å². The smallest absolute Gasteiger partial charge is 0.305 e. The number of rotatable bonds is 4. The molecule has 6 saturated carbocycles. The lowest BCUT2D eigenvalue weighted by Crippen LogP contribution is -2.65. The lowest BCUT2D eigenvalue weighted by atomic mass is 9.42. The van der Waals surface area contributed by atoms with E-state index >= 15 is 0 Å². The van der Waals surface area contributed by atoms with Crippen molar-refractivity contribution in [1.29, 1.82) is 0 Å². The van der Waals surface area contributed by atoms with Gasteiger partial charge in [-0.2, -0.15) is 0 Å². The number of fused-ring (bicyclic) bond motifs is 10. The van der Waals surface area contributed by atoms with E-state index in [0.717, 1.165) is 38.5 Å². The lowest BCUT2D eigenvalue weighted by Gasteiger charge is -2.64. The Morgan fingerprint density at radius 3 is 2.45 bits per heavy atom. The summed E-state index contributed by atoms with van der Waals surface area (Å²) in [5.41, 5.74) is -1.73. The Hall–Kier alpha value is -0.650. The van der Waals surface area contributed by atoms with Gasteiger partial charge in [0.1, 0.15) is 0 Å². The number of esters is 1. The van der Waals surface area contributed by atoms with Crippen molar-refractivity contribution in [2.75, 3.05) is 6.61 Å². The van der Waals surface area contributed by atoms with Crippen LogP contribution < -0.4 is 0 Å². The van der Waals surface area contributed by atoms with Crippen LogP contribution in [0.15, 0.2) is 0 Å². The monoisotopic (exact) mass is 432 g/mol. The molecule has 6 rings (SSSR count). The van der Waals surface area contributed by atoms with E-state index in [1.807, 2.05) is 6.92 Å². The molecule has 0 bridgehead atoms. The van der Waals surface area contributed by atoms with Gasteiger partial charge in [-0.05, 0) is 104 Å². The van der Waals surface area contributed by atoms with E-state index in [2.05, 4.69) is 13.8 Å². The third-order valence-electron chi connectivity index (χ3n) is 11.8. The first-order valence-corrected chi connectivity index (χ1v) is 12.9. The van der Waals surface area contributed by atoms with Crippen LogP contribution in [0.4, 0.5) is 0 Å². The molecular formula is C26H40O5. The molecule has 31 heavy (non-hydrogen) atoms. The fraction of sp³-hybridized carbons (Fsp3) is 0.962. The molecule has 0 radical (unpaired) electrons. The molecule has 6 aliphatic rings. The highest BCUT2D eigenvalue weighted by Gasteiger charge is 2.81. The topological polar surface area (TPSA) is 87.0 Å². The highest BCUT2D eigenvalue weighted by atomic mass is 16.5. The third kappa shape index (κ3) is 2.41. The minimum absolute atomic E-state index is 0.119. The van der Waals surface area contributed by atoms with E-state index in [-0.39, 0.29) is 22.9 Å². The minimum Gasteiger partial charge on any atom is -0.466 e. The van der Waals surface area contributed by atoms with E-state index in [4.69, 9.17) is 4.74 Å². The van der Waals surface area contributed by atoms with Crippen molar-refractivity contribution in [2.24, 2.45) is 52.3 Å². The normalized spacial score (nSPS) is 60.7. The Labute approximate surface area is 185 Å². The zero-order valence-corrected chi connectivity index (χ0v) is 19.3. The summed E-state index contributed by atoms with van der Waals surface area (Å²) in [4.78, 5) is 12.1. The largest absolute Gasteiger partial charge is 0.466 e. The fourth-order valence-electron chi connectivity index (χ4n) is 10.3. The highest BCUT2D eigenvalue weighted by Crippen LogP contribution is 2.82. The SMILES string of the molecule is CCOC(=O)CC[C@]1(O)C2CC2C2C3C4CC4[C@]4(O)C[C@@H](O)CC[C@]4(C)C3CC[C@@]21C. The number of hydrogen-bond acceptors (Lipinski definition) is 5. The predicted octanol–water partition coefficient (Wildman–Crippen LogP) is 3.29. The Morgan fingerprint density at radius 2 is 1.71 bits per heavy atom. The van der Waals surface area contributed by atoms with Gasteiger partial charge in [-0.25, -0.2) is 0 Å². The summed E-state index contributed by atoms with van der Waals surface area (Å²) in [6.45, 7) is 6.86. The molecule has 0 saturated heterocycles. The van der Waals surface area contributed by atoms with Crippen molar-refractivity contribution in [1.82, 2.24) is 0 Å². The summed E-state index contributed by atoms with van der Waals surface area (Å²) in [5, 5.41) is 34.3. The molecule has 7 unspecified atom stereocenters. The third-order valence-corrected chi connectivity index (χ3v) is 11.8. The Balaban J connectivity index is 1.31. The molecule has 12 atom stereocenters. The molecule has 0 aromatic heterocycles. The van der Waals surface area contributed by atoms with Gasteiger partial charge < -0.3 is 20.1 Å². The van der Waals surface area contributed by atoms with Gasteiger partial charge >= 0.3 is 5.97 Å². The molecule has 0 aromatic rings. The first-order chi connectivity index (χ1) is 14.6. The number of aliphatic hydroxyl groups excluding tert-OH is 1. The van der Waals surface area contributed by atoms with E-state index in [9.17, 15) is 20.1 Å². The van der Waals surface area contributed by atoms with Gasteiger partial charge in [0.2, 0.25) is 0 Å². The molecule has 3 N–H and O–H groups in total. The molecule has 5 heteroatoms. The molecule has 6 aliphatic carbocycles. The lowest BCUT2D eigenvalue weighted by molar-refractivity contribution is -0.237. The van der Waals surface area contributed by atoms with Crippen LogP contribution in [0.3, 0.4) is 0 Å². The van der Waals surface area contributed by atoms with Crippen LogP contribution >= 0.6 is 0 Å². The zero-order valence-electron chi connectivity index (χ0n) is 19.3. The maximum atomic E-state index is 12.1. The molecule has 0 heterocycles. The van der Waals surface area contributed by atoms with Gasteiger partial charge in [-0.3, -0.25) is 4.79 Å². The average molecular weight is 433 g/mol. The minimum atomic E-state index is -0.762. The van der Waals surface area contributed by atoms with Crippen LogP contribution in [0, 0.1) is 52.3 Å². The number of ether oxygens (including phenoxy) is 1. The average Bonchev–Trinajstić information content (AvgIpc) is 3.61. The summed E-state index contributed by atoms with van der Waals surface area (Å²) >= 11 is 0. The second-order valence-electron chi connectivity index (χ2n) is 12.6. The number of hydrogen-bond donors (Lipinski definition) is 3. The molecule has 0 spiro atoms. The second-order valence-corrected chi connectivity index (χ2v) is 12.6. The predicted molar refractivity (Wildman–Crippen MR) is 115 cm³/mol. The Kier molecular flexibility index (Phi) is 4.23. The molecule has 174 valence electrons. The summed E-state index contributed by atoms with van der Waals surface area (Å²) in [5.74, 6) is 3.16. The van der Waals surface area contributed by atoms with Crippen LogP contribution in [-0.2, 0) is 9.53 Å². The van der Waals surface area contributed by atoms with Gasteiger partial charge in [0.05, 0.1) is 23.9 Å². The van der Waals surface area contributed by atoms with E-state index in [1.165, 1.54) is 0 Å². The van der Waals surface area contributed by atoms with Gasteiger partial charge in [-0.1, -0.05) is 13.8 Å². The number of aliphatic hydroxyl groups is 3. The zero-order chi connectivity index (χ0) is 22.0. The maximum Gasteiger partial charge on any atom is 0.305 e. The first-order valence-electron chi connectivity index (χ1n) is 12.9. The van der Waals surface area contributed by atoms with Crippen molar-refractivity contribution in [3.8, 4) is 0 Å². The van der Waals surface area contributed by atoms with Gasteiger partial charge in [-0.15, -0.1) is 0 Å². The van der Waals surface area contributed by atoms with Crippen LogP contribution in [0.25, 0.3) is 0 Å². The first kappa shape index (κ1) is 20.9. The Bertz CT molecular complexity index is 799. The summed E-state index contributed by atoms with van der Waals surface area (Å²) in [7, 11) is 0. The van der Waals surface area contributed by atoms with E-state index in [0.29, 0.717) is 67.3 Å². The molecule has 0 aromatic carbocycles. The van der Waals surface area contributed by atoms with Gasteiger partial charge in [0, 0.05) is 12.8 Å². The van der Waals surface area contributed by atoms with Crippen LogP contribution in [0.5, 0.6) is 0 Å². The molecule has 5 nitrogen and oxygen atoms in total.